The van der Waals surface area contributed by atoms with E-state index in [4.69, 9.17) is 27.7 Å². The lowest BCUT2D eigenvalue weighted by Gasteiger charge is -2.06. The number of anilines is 2. The molecule has 19 heavy (non-hydrogen) atoms. The molecule has 5 nitrogen and oxygen atoms in total. The molecule has 0 spiro atoms. The largest absolute Gasteiger partial charge is 0.360 e. The average Bonchev–Trinajstić information content (AvgIpc) is 2.76. The highest BCUT2D eigenvalue weighted by Gasteiger charge is 2.10. The standard InChI is InChI=1S/C12H8Cl2N4O/c1-6-2-10(18-19-6)17-12-8-3-7(13)4-9(14)11(8)15-5-16-12/h2-5H,1H3,(H,15,16,17,18). The number of hydrogen-bond acceptors (Lipinski definition) is 5. The van der Waals surface area contributed by atoms with E-state index in [1.165, 1.54) is 6.33 Å². The van der Waals surface area contributed by atoms with Gasteiger partial charge in [-0.25, -0.2) is 9.97 Å². The Morgan fingerprint density at radius 2 is 2.00 bits per heavy atom. The first-order chi connectivity index (χ1) is 9.13. The fourth-order valence-electron chi connectivity index (χ4n) is 1.74. The highest BCUT2D eigenvalue weighted by Crippen LogP contribution is 2.30. The van der Waals surface area contributed by atoms with Crippen molar-refractivity contribution in [3.8, 4) is 0 Å². The Labute approximate surface area is 118 Å². The summed E-state index contributed by atoms with van der Waals surface area (Å²) in [5.41, 5.74) is 0.629. The van der Waals surface area contributed by atoms with Crippen molar-refractivity contribution in [2.75, 3.05) is 5.32 Å². The third kappa shape index (κ3) is 2.34. The van der Waals surface area contributed by atoms with Gasteiger partial charge < -0.3 is 9.84 Å². The number of hydrogen-bond donors (Lipinski definition) is 1. The van der Waals surface area contributed by atoms with Crippen molar-refractivity contribution < 1.29 is 4.52 Å². The van der Waals surface area contributed by atoms with Gasteiger partial charge in [0, 0.05) is 16.5 Å². The Hall–Kier alpha value is -1.85. The predicted molar refractivity (Wildman–Crippen MR) is 74.1 cm³/mol. The van der Waals surface area contributed by atoms with Crippen molar-refractivity contribution in [3.63, 3.8) is 0 Å². The maximum atomic E-state index is 6.10. The predicted octanol–water partition coefficient (Wildman–Crippen LogP) is 3.98. The van der Waals surface area contributed by atoms with E-state index in [-0.39, 0.29) is 0 Å². The molecule has 3 aromatic rings. The van der Waals surface area contributed by atoms with Crippen LogP contribution in [0.3, 0.4) is 0 Å². The molecule has 1 aromatic carbocycles. The van der Waals surface area contributed by atoms with Crippen molar-refractivity contribution in [1.29, 1.82) is 0 Å². The topological polar surface area (TPSA) is 63.8 Å². The number of nitrogens with one attached hydrogen (secondary N) is 1. The SMILES string of the molecule is Cc1cc(Nc2ncnc3c(Cl)cc(Cl)cc23)no1. The lowest BCUT2D eigenvalue weighted by atomic mass is 10.2. The second-order valence-corrected chi connectivity index (χ2v) is 4.80. The van der Waals surface area contributed by atoms with Gasteiger partial charge in [-0.3, -0.25) is 0 Å². The number of rotatable bonds is 2. The molecule has 1 N–H and O–H groups in total. The van der Waals surface area contributed by atoms with Gasteiger partial charge in [0.05, 0.1) is 10.5 Å². The summed E-state index contributed by atoms with van der Waals surface area (Å²) < 4.78 is 4.99. The molecular weight excluding hydrogens is 287 g/mol. The van der Waals surface area contributed by atoms with Gasteiger partial charge in [0.1, 0.15) is 17.9 Å². The molecule has 0 unspecified atom stereocenters. The molecule has 0 saturated carbocycles. The van der Waals surface area contributed by atoms with Crippen molar-refractivity contribution in [2.45, 2.75) is 6.92 Å². The first kappa shape index (κ1) is 12.2. The molecule has 2 heterocycles. The van der Waals surface area contributed by atoms with Gasteiger partial charge in [-0.2, -0.15) is 0 Å². The number of nitrogens with zero attached hydrogens (tertiary/aromatic N) is 3. The molecule has 0 saturated heterocycles. The second kappa shape index (κ2) is 4.68. The first-order valence-corrected chi connectivity index (χ1v) is 6.19. The van der Waals surface area contributed by atoms with E-state index in [1.807, 2.05) is 6.92 Å². The summed E-state index contributed by atoms with van der Waals surface area (Å²) in [6.45, 7) is 1.81. The molecule has 2 aromatic heterocycles. The normalized spacial score (nSPS) is 10.9. The van der Waals surface area contributed by atoms with Crippen molar-refractivity contribution in [1.82, 2.24) is 15.1 Å². The molecule has 0 fully saturated rings. The summed E-state index contributed by atoms with van der Waals surface area (Å²) >= 11 is 12.1. The van der Waals surface area contributed by atoms with Gasteiger partial charge in [0.15, 0.2) is 5.82 Å². The van der Waals surface area contributed by atoms with Gasteiger partial charge in [0.2, 0.25) is 0 Å². The molecule has 0 bridgehead atoms. The third-order valence-electron chi connectivity index (χ3n) is 2.53. The first-order valence-electron chi connectivity index (χ1n) is 5.43. The van der Waals surface area contributed by atoms with Gasteiger partial charge in [-0.15, -0.1) is 0 Å². The van der Waals surface area contributed by atoms with E-state index in [1.54, 1.807) is 18.2 Å². The van der Waals surface area contributed by atoms with E-state index in [9.17, 15) is 0 Å². The number of halogens is 2. The average molecular weight is 295 g/mol. The Morgan fingerprint density at radius 3 is 2.74 bits per heavy atom. The van der Waals surface area contributed by atoms with Crippen LogP contribution in [-0.4, -0.2) is 15.1 Å². The van der Waals surface area contributed by atoms with Crippen LogP contribution in [0.5, 0.6) is 0 Å². The van der Waals surface area contributed by atoms with Crippen LogP contribution in [0.15, 0.2) is 29.0 Å². The second-order valence-electron chi connectivity index (χ2n) is 3.95. The van der Waals surface area contributed by atoms with E-state index in [0.717, 1.165) is 5.39 Å². The molecule has 0 atom stereocenters. The molecule has 0 aliphatic rings. The smallest absolute Gasteiger partial charge is 0.175 e. The maximum absolute atomic E-state index is 6.10. The fourth-order valence-corrected chi connectivity index (χ4v) is 2.28. The lowest BCUT2D eigenvalue weighted by Crippen LogP contribution is -1.96. The van der Waals surface area contributed by atoms with Crippen molar-refractivity contribution in [3.05, 3.63) is 40.3 Å². The minimum Gasteiger partial charge on any atom is -0.360 e. The minimum absolute atomic E-state index is 0.476. The zero-order valence-corrected chi connectivity index (χ0v) is 11.3. The Balaban J connectivity index is 2.13. The highest BCUT2D eigenvalue weighted by molar-refractivity contribution is 6.38. The van der Waals surface area contributed by atoms with Gasteiger partial charge in [0.25, 0.3) is 0 Å². The van der Waals surface area contributed by atoms with Crippen LogP contribution < -0.4 is 5.32 Å². The molecule has 0 aliphatic carbocycles. The van der Waals surface area contributed by atoms with Crippen LogP contribution in [0.4, 0.5) is 11.6 Å². The third-order valence-corrected chi connectivity index (χ3v) is 3.04. The number of benzene rings is 1. The monoisotopic (exact) mass is 294 g/mol. The Morgan fingerprint density at radius 1 is 1.16 bits per heavy atom. The summed E-state index contributed by atoms with van der Waals surface area (Å²) in [6.07, 6.45) is 1.43. The van der Waals surface area contributed by atoms with Gasteiger partial charge in [-0.05, 0) is 19.1 Å². The van der Waals surface area contributed by atoms with Crippen molar-refractivity contribution >= 4 is 45.7 Å². The molecule has 3 rings (SSSR count). The van der Waals surface area contributed by atoms with Gasteiger partial charge >= 0.3 is 0 Å². The molecule has 0 aliphatic heterocycles. The minimum atomic E-state index is 0.476. The lowest BCUT2D eigenvalue weighted by molar-refractivity contribution is 0.400. The summed E-state index contributed by atoms with van der Waals surface area (Å²) in [5, 5.41) is 8.62. The zero-order chi connectivity index (χ0) is 13.4. The molecular formula is C12H8Cl2N4O. The summed E-state index contributed by atoms with van der Waals surface area (Å²) in [4.78, 5) is 8.32. The van der Waals surface area contributed by atoms with Crippen LogP contribution in [0, 0.1) is 6.92 Å². The van der Waals surface area contributed by atoms with E-state index in [0.29, 0.717) is 33.0 Å². The van der Waals surface area contributed by atoms with Crippen LogP contribution in [0.25, 0.3) is 10.9 Å². The number of aromatic nitrogens is 3. The van der Waals surface area contributed by atoms with Crippen molar-refractivity contribution in [2.24, 2.45) is 0 Å². The highest BCUT2D eigenvalue weighted by atomic mass is 35.5. The van der Waals surface area contributed by atoms with Crippen LogP contribution in [0.2, 0.25) is 10.0 Å². The van der Waals surface area contributed by atoms with Gasteiger partial charge in [-0.1, -0.05) is 28.4 Å². The van der Waals surface area contributed by atoms with Crippen LogP contribution in [0.1, 0.15) is 5.76 Å². The summed E-state index contributed by atoms with van der Waals surface area (Å²) in [7, 11) is 0. The molecule has 96 valence electrons. The molecule has 0 amide bonds. The maximum Gasteiger partial charge on any atom is 0.175 e. The summed E-state index contributed by atoms with van der Waals surface area (Å²) in [6, 6.07) is 5.15. The Bertz CT molecular complexity index is 757. The summed E-state index contributed by atoms with van der Waals surface area (Å²) in [5.74, 6) is 1.84. The quantitative estimate of drug-likeness (QED) is 0.774. The van der Waals surface area contributed by atoms with E-state index >= 15 is 0 Å². The number of fused-ring (bicyclic) bond motifs is 1. The van der Waals surface area contributed by atoms with E-state index in [2.05, 4.69) is 20.4 Å². The molecule has 0 radical (unpaired) electrons. The van der Waals surface area contributed by atoms with Crippen LogP contribution >= 0.6 is 23.2 Å². The fraction of sp³-hybridized carbons (Fsp3) is 0.0833. The molecule has 7 heteroatoms. The van der Waals surface area contributed by atoms with Crippen LogP contribution in [-0.2, 0) is 0 Å². The zero-order valence-electron chi connectivity index (χ0n) is 9.82. The van der Waals surface area contributed by atoms with E-state index < -0.39 is 0 Å². The number of aryl methyl sites for hydroxylation is 1. The Kier molecular flexibility index (Phi) is 3.00.